The average Bonchev–Trinajstić information content (AvgIpc) is 3.08. The predicted octanol–water partition coefficient (Wildman–Crippen LogP) is 9.05. The highest BCUT2D eigenvalue weighted by Gasteiger charge is 2.24. The van der Waals surface area contributed by atoms with Crippen molar-refractivity contribution in [2.24, 2.45) is 11.5 Å². The Labute approximate surface area is 283 Å². The minimum atomic E-state index is -0.861. The van der Waals surface area contributed by atoms with Gasteiger partial charge in [-0.2, -0.15) is 0 Å². The zero-order valence-corrected chi connectivity index (χ0v) is 28.7. The van der Waals surface area contributed by atoms with Crippen LogP contribution in [0, 0.1) is 0 Å². The van der Waals surface area contributed by atoms with E-state index in [-0.39, 0.29) is 11.5 Å². The number of aryl methyl sites for hydroxylation is 1. The Morgan fingerprint density at radius 3 is 1.43 bits per heavy atom. The highest BCUT2D eigenvalue weighted by atomic mass is 16.6. The summed E-state index contributed by atoms with van der Waals surface area (Å²) >= 11 is 0. The molecule has 6 nitrogen and oxygen atoms in total. The maximum Gasteiger partial charge on any atom is 0.328 e. The monoisotopic (exact) mass is 642 g/mol. The molecular formula is C41H58N2O4. The van der Waals surface area contributed by atoms with Crippen LogP contribution in [0.2, 0.25) is 0 Å². The second kappa shape index (κ2) is 22.9. The number of hydrogen-bond acceptors (Lipinski definition) is 6. The molecule has 3 aromatic carbocycles. The van der Waals surface area contributed by atoms with Gasteiger partial charge in [-0.15, -0.1) is 0 Å². The summed E-state index contributed by atoms with van der Waals surface area (Å²) in [6, 6.07) is 22.9. The van der Waals surface area contributed by atoms with Crippen LogP contribution in [0.1, 0.15) is 120 Å². The van der Waals surface area contributed by atoms with Crippen molar-refractivity contribution in [2.75, 3.05) is 0 Å². The lowest BCUT2D eigenvalue weighted by molar-refractivity contribution is -0.138. The second-order valence-electron chi connectivity index (χ2n) is 12.9. The zero-order chi connectivity index (χ0) is 33.5. The van der Waals surface area contributed by atoms with E-state index < -0.39 is 24.0 Å². The number of esters is 2. The van der Waals surface area contributed by atoms with Crippen LogP contribution in [0.3, 0.4) is 0 Å². The molecule has 0 saturated carbocycles. The van der Waals surface area contributed by atoms with Crippen LogP contribution in [0.15, 0.2) is 78.9 Å². The molecule has 0 aliphatic rings. The van der Waals surface area contributed by atoms with Crippen molar-refractivity contribution in [3.05, 3.63) is 95.6 Å². The van der Waals surface area contributed by atoms with Crippen molar-refractivity contribution in [3.63, 3.8) is 0 Å². The molecule has 0 unspecified atom stereocenters. The topological polar surface area (TPSA) is 105 Å². The summed E-state index contributed by atoms with van der Waals surface area (Å²) < 4.78 is 11.7. The lowest BCUT2D eigenvalue weighted by atomic mass is 10.0. The summed E-state index contributed by atoms with van der Waals surface area (Å²) in [5.74, 6) is -0.698. The van der Waals surface area contributed by atoms with E-state index in [2.05, 4.69) is 6.92 Å². The summed E-state index contributed by atoms with van der Waals surface area (Å²) in [4.78, 5) is 26.2. The Hall–Kier alpha value is -3.48. The summed E-state index contributed by atoms with van der Waals surface area (Å²) in [5.41, 5.74) is 15.2. The largest absolute Gasteiger partial charge is 0.421 e. The molecule has 0 aromatic heterocycles. The third kappa shape index (κ3) is 15.3. The average molecular weight is 643 g/mol. The van der Waals surface area contributed by atoms with Gasteiger partial charge in [-0.05, 0) is 48.4 Å². The van der Waals surface area contributed by atoms with Gasteiger partial charge < -0.3 is 20.9 Å². The molecule has 4 N–H and O–H groups in total. The van der Waals surface area contributed by atoms with E-state index in [0.29, 0.717) is 19.3 Å². The van der Waals surface area contributed by atoms with Gasteiger partial charge in [0.2, 0.25) is 0 Å². The smallest absolute Gasteiger partial charge is 0.328 e. The number of rotatable bonds is 24. The predicted molar refractivity (Wildman–Crippen MR) is 193 cm³/mol. The van der Waals surface area contributed by atoms with E-state index >= 15 is 0 Å². The van der Waals surface area contributed by atoms with Crippen LogP contribution >= 0.6 is 0 Å². The second-order valence-corrected chi connectivity index (χ2v) is 12.9. The number of benzene rings is 3. The van der Waals surface area contributed by atoms with Crippen LogP contribution in [0.5, 0.6) is 11.5 Å². The lowest BCUT2D eigenvalue weighted by Crippen LogP contribution is -2.37. The van der Waals surface area contributed by atoms with Crippen molar-refractivity contribution < 1.29 is 19.1 Å². The van der Waals surface area contributed by atoms with Crippen LogP contribution in [0.4, 0.5) is 0 Å². The van der Waals surface area contributed by atoms with E-state index in [4.69, 9.17) is 20.9 Å². The fourth-order valence-electron chi connectivity index (χ4n) is 5.90. The van der Waals surface area contributed by atoms with E-state index in [1.54, 1.807) is 6.07 Å². The molecule has 0 heterocycles. The summed E-state index contributed by atoms with van der Waals surface area (Å²) in [5, 5.41) is 0. The maximum atomic E-state index is 13.2. The van der Waals surface area contributed by atoms with Crippen LogP contribution in [0.25, 0.3) is 0 Å². The minimum Gasteiger partial charge on any atom is -0.421 e. The van der Waals surface area contributed by atoms with E-state index in [1.165, 1.54) is 83.5 Å². The van der Waals surface area contributed by atoms with Gasteiger partial charge in [0, 0.05) is 0 Å². The number of carbonyl (C=O) groups excluding carboxylic acids is 2. The minimum absolute atomic E-state index is 0.192. The Morgan fingerprint density at radius 1 is 0.532 bits per heavy atom. The van der Waals surface area contributed by atoms with Gasteiger partial charge in [0.25, 0.3) is 0 Å². The van der Waals surface area contributed by atoms with E-state index in [1.807, 2.05) is 72.8 Å². The molecule has 0 amide bonds. The summed E-state index contributed by atoms with van der Waals surface area (Å²) in [6.07, 6.45) is 20.8. The molecular weight excluding hydrogens is 584 g/mol. The molecule has 0 aliphatic heterocycles. The van der Waals surface area contributed by atoms with Crippen LogP contribution in [-0.4, -0.2) is 24.0 Å². The van der Waals surface area contributed by atoms with Gasteiger partial charge in [-0.3, -0.25) is 0 Å². The van der Waals surface area contributed by atoms with Gasteiger partial charge in [0.05, 0.1) is 0 Å². The first-order valence-electron chi connectivity index (χ1n) is 18.1. The number of para-hydroxylation sites is 1. The Balaban J connectivity index is 1.50. The first kappa shape index (κ1) is 38.0. The maximum absolute atomic E-state index is 13.2. The van der Waals surface area contributed by atoms with E-state index in [9.17, 15) is 9.59 Å². The summed E-state index contributed by atoms with van der Waals surface area (Å²) in [7, 11) is 0. The Morgan fingerprint density at radius 2 is 0.957 bits per heavy atom. The quantitative estimate of drug-likeness (QED) is 0.0574. The molecule has 6 heteroatoms. The number of ether oxygens (including phenoxy) is 2. The number of carbonyl (C=O) groups is 2. The zero-order valence-electron chi connectivity index (χ0n) is 28.7. The Bertz CT molecular complexity index is 1280. The molecule has 0 fully saturated rings. The standard InChI is InChI=1S/C41H58N2O4/c1-2-3-4-5-6-7-8-9-10-11-12-13-14-15-22-28-35-29-23-30-38(46-40(44)36(42)31-33-24-18-16-19-25-33)39(35)47-41(45)37(43)32-34-26-20-17-21-27-34/h16-21,23-27,29-30,36-37H,2-15,22,28,31-32,42-43H2,1H3/t36-,37-/m0/s1. The number of unbranched alkanes of at least 4 members (excludes halogenated alkanes) is 14. The van der Waals surface area contributed by atoms with Crippen molar-refractivity contribution in [2.45, 2.75) is 135 Å². The van der Waals surface area contributed by atoms with Crippen molar-refractivity contribution in [3.8, 4) is 11.5 Å². The molecule has 0 saturated heterocycles. The molecule has 47 heavy (non-hydrogen) atoms. The Kier molecular flexibility index (Phi) is 18.5. The van der Waals surface area contributed by atoms with Gasteiger partial charge in [0.15, 0.2) is 11.5 Å². The van der Waals surface area contributed by atoms with E-state index in [0.717, 1.165) is 29.5 Å². The molecule has 3 aromatic rings. The highest BCUT2D eigenvalue weighted by molar-refractivity contribution is 5.82. The molecule has 0 bridgehead atoms. The lowest BCUT2D eigenvalue weighted by Gasteiger charge is -2.18. The fourth-order valence-corrected chi connectivity index (χ4v) is 5.90. The van der Waals surface area contributed by atoms with Crippen molar-refractivity contribution in [1.29, 1.82) is 0 Å². The van der Waals surface area contributed by atoms with Crippen molar-refractivity contribution in [1.82, 2.24) is 0 Å². The third-order valence-corrected chi connectivity index (χ3v) is 8.73. The van der Waals surface area contributed by atoms with Gasteiger partial charge in [0.1, 0.15) is 12.1 Å². The van der Waals surface area contributed by atoms with Gasteiger partial charge in [-0.25, -0.2) is 9.59 Å². The number of hydrogen-bond donors (Lipinski definition) is 2. The normalized spacial score (nSPS) is 12.4. The van der Waals surface area contributed by atoms with Gasteiger partial charge >= 0.3 is 11.9 Å². The SMILES string of the molecule is CCCCCCCCCCCCCCCCCc1cccc(OC(=O)[C@@H](N)Cc2ccccc2)c1OC(=O)[C@@H](N)Cc1ccccc1. The molecule has 0 spiro atoms. The van der Waals surface area contributed by atoms with Crippen LogP contribution in [-0.2, 0) is 28.9 Å². The van der Waals surface area contributed by atoms with Gasteiger partial charge in [-0.1, -0.05) is 170 Å². The fraction of sp³-hybridized carbons (Fsp3) is 0.512. The molecule has 0 radical (unpaired) electrons. The molecule has 256 valence electrons. The first-order valence-corrected chi connectivity index (χ1v) is 18.1. The third-order valence-electron chi connectivity index (χ3n) is 8.73. The molecule has 0 aliphatic carbocycles. The highest BCUT2D eigenvalue weighted by Crippen LogP contribution is 2.33. The summed E-state index contributed by atoms with van der Waals surface area (Å²) in [6.45, 7) is 2.27. The number of nitrogens with two attached hydrogens (primary N) is 2. The van der Waals surface area contributed by atoms with Crippen LogP contribution < -0.4 is 20.9 Å². The molecule has 3 rings (SSSR count). The first-order chi connectivity index (χ1) is 23.0. The molecule has 2 atom stereocenters. The van der Waals surface area contributed by atoms with Crippen molar-refractivity contribution >= 4 is 11.9 Å².